The van der Waals surface area contributed by atoms with Crippen LogP contribution in [0.2, 0.25) is 0 Å². The van der Waals surface area contributed by atoms with Gasteiger partial charge in [0.2, 0.25) is 5.91 Å². The summed E-state index contributed by atoms with van der Waals surface area (Å²) >= 11 is 0. The highest BCUT2D eigenvalue weighted by atomic mass is 16.4. The lowest BCUT2D eigenvalue weighted by atomic mass is 10.0. The van der Waals surface area contributed by atoms with Crippen LogP contribution in [0.1, 0.15) is 25.1 Å². The largest absolute Gasteiger partial charge is 0.481 e. The number of hydrogen-bond donors (Lipinski definition) is 1. The molecule has 0 unspecified atom stereocenters. The maximum atomic E-state index is 12.2. The van der Waals surface area contributed by atoms with Crippen LogP contribution in [0, 0.1) is 11.8 Å². The third kappa shape index (κ3) is 2.94. The number of imidazole rings is 1. The normalized spacial score (nSPS) is 22.4. The second-order valence-electron chi connectivity index (χ2n) is 5.19. The molecule has 1 fully saturated rings. The number of hydrogen-bond acceptors (Lipinski definition) is 3. The van der Waals surface area contributed by atoms with E-state index in [1.165, 1.54) is 0 Å². The number of rotatable bonds is 4. The van der Waals surface area contributed by atoms with Gasteiger partial charge in [0.1, 0.15) is 5.82 Å². The molecule has 0 aliphatic heterocycles. The van der Waals surface area contributed by atoms with Gasteiger partial charge in [-0.1, -0.05) is 0 Å². The van der Waals surface area contributed by atoms with Crippen LogP contribution in [0.25, 0.3) is 0 Å². The second kappa shape index (κ2) is 5.42. The first-order chi connectivity index (χ1) is 8.99. The molecule has 0 bridgehead atoms. The number of aromatic nitrogens is 2. The molecular formula is C13H19N3O3. The van der Waals surface area contributed by atoms with Gasteiger partial charge >= 0.3 is 5.97 Å². The summed E-state index contributed by atoms with van der Waals surface area (Å²) < 4.78 is 1.87. The molecule has 104 valence electrons. The summed E-state index contributed by atoms with van der Waals surface area (Å²) in [5.74, 6) is -0.473. The van der Waals surface area contributed by atoms with Gasteiger partial charge in [0.05, 0.1) is 12.5 Å². The van der Waals surface area contributed by atoms with Crippen molar-refractivity contribution in [2.24, 2.45) is 18.9 Å². The molecule has 0 radical (unpaired) electrons. The van der Waals surface area contributed by atoms with Crippen molar-refractivity contribution in [3.05, 3.63) is 18.2 Å². The van der Waals surface area contributed by atoms with Crippen molar-refractivity contribution >= 4 is 11.9 Å². The number of carboxylic acids is 1. The third-order valence-corrected chi connectivity index (χ3v) is 3.81. The van der Waals surface area contributed by atoms with Crippen LogP contribution in [0.3, 0.4) is 0 Å². The quantitative estimate of drug-likeness (QED) is 0.876. The predicted molar refractivity (Wildman–Crippen MR) is 68.1 cm³/mol. The average Bonchev–Trinajstić information content (AvgIpc) is 2.98. The summed E-state index contributed by atoms with van der Waals surface area (Å²) in [6.45, 7) is 0.455. The Labute approximate surface area is 112 Å². The molecule has 1 aromatic rings. The zero-order valence-corrected chi connectivity index (χ0v) is 11.2. The van der Waals surface area contributed by atoms with Gasteiger partial charge < -0.3 is 14.6 Å². The Balaban J connectivity index is 1.93. The lowest BCUT2D eigenvalue weighted by Crippen LogP contribution is -2.32. The molecule has 1 aliphatic carbocycles. The van der Waals surface area contributed by atoms with E-state index in [1.54, 1.807) is 18.1 Å². The minimum absolute atomic E-state index is 0.0201. The minimum Gasteiger partial charge on any atom is -0.481 e. The van der Waals surface area contributed by atoms with Gasteiger partial charge in [0.15, 0.2) is 0 Å². The number of carboxylic acid groups (broad SMARTS) is 1. The molecule has 1 aromatic heterocycles. The van der Waals surface area contributed by atoms with Gasteiger partial charge in [-0.25, -0.2) is 4.98 Å². The smallest absolute Gasteiger partial charge is 0.306 e. The zero-order valence-electron chi connectivity index (χ0n) is 11.2. The summed E-state index contributed by atoms with van der Waals surface area (Å²) in [7, 11) is 3.63. The van der Waals surface area contributed by atoms with Gasteiger partial charge in [0.25, 0.3) is 0 Å². The first-order valence-electron chi connectivity index (χ1n) is 6.43. The third-order valence-electron chi connectivity index (χ3n) is 3.81. The molecule has 1 amide bonds. The Bertz CT molecular complexity index is 483. The molecule has 1 aliphatic rings. The van der Waals surface area contributed by atoms with Crippen molar-refractivity contribution in [2.45, 2.75) is 25.8 Å². The molecule has 0 saturated heterocycles. The van der Waals surface area contributed by atoms with Gasteiger partial charge in [-0.3, -0.25) is 9.59 Å². The Hall–Kier alpha value is -1.85. The monoisotopic (exact) mass is 265 g/mol. The molecule has 2 atom stereocenters. The summed E-state index contributed by atoms with van der Waals surface area (Å²) in [4.78, 5) is 29.0. The van der Waals surface area contributed by atoms with Crippen molar-refractivity contribution in [2.75, 3.05) is 7.05 Å². The fourth-order valence-electron chi connectivity index (χ4n) is 2.58. The van der Waals surface area contributed by atoms with Crippen molar-refractivity contribution in [1.82, 2.24) is 14.5 Å². The standard InChI is InChI=1S/C13H19N3O3/c1-15-6-5-14-11(15)8-16(2)12(17)9-3-4-10(7-9)13(18)19/h5-6,9-10H,3-4,7-8H2,1-2H3,(H,18,19)/t9-,10+/m1/s1. The van der Waals surface area contributed by atoms with Crippen molar-refractivity contribution in [3.8, 4) is 0 Å². The van der Waals surface area contributed by atoms with Crippen LogP contribution in [-0.4, -0.2) is 38.5 Å². The number of aliphatic carboxylic acids is 1. The van der Waals surface area contributed by atoms with E-state index in [0.717, 1.165) is 5.82 Å². The van der Waals surface area contributed by atoms with Crippen molar-refractivity contribution in [3.63, 3.8) is 0 Å². The van der Waals surface area contributed by atoms with E-state index in [4.69, 9.17) is 5.11 Å². The first-order valence-corrected chi connectivity index (χ1v) is 6.43. The van der Waals surface area contributed by atoms with Gasteiger partial charge in [-0.05, 0) is 19.3 Å². The molecule has 1 saturated carbocycles. The van der Waals surface area contributed by atoms with Crippen LogP contribution in [0.5, 0.6) is 0 Å². The van der Waals surface area contributed by atoms with Gasteiger partial charge in [0, 0.05) is 32.4 Å². The molecule has 19 heavy (non-hydrogen) atoms. The van der Waals surface area contributed by atoms with E-state index in [2.05, 4.69) is 4.98 Å². The highest BCUT2D eigenvalue weighted by molar-refractivity contribution is 5.80. The first kappa shape index (κ1) is 13.6. The van der Waals surface area contributed by atoms with Crippen LogP contribution in [0.4, 0.5) is 0 Å². The van der Waals surface area contributed by atoms with Crippen LogP contribution >= 0.6 is 0 Å². The molecule has 1 N–H and O–H groups in total. The second-order valence-corrected chi connectivity index (χ2v) is 5.19. The van der Waals surface area contributed by atoms with E-state index in [-0.39, 0.29) is 17.7 Å². The number of carbonyl (C=O) groups excluding carboxylic acids is 1. The highest BCUT2D eigenvalue weighted by Gasteiger charge is 2.35. The van der Waals surface area contributed by atoms with E-state index in [0.29, 0.717) is 25.8 Å². The Morgan fingerprint density at radius 2 is 2.16 bits per heavy atom. The lowest BCUT2D eigenvalue weighted by molar-refractivity contribution is -0.141. The topological polar surface area (TPSA) is 75.4 Å². The maximum absolute atomic E-state index is 12.2. The van der Waals surface area contributed by atoms with E-state index in [9.17, 15) is 9.59 Å². The average molecular weight is 265 g/mol. The van der Waals surface area contributed by atoms with E-state index >= 15 is 0 Å². The molecule has 0 aromatic carbocycles. The lowest BCUT2D eigenvalue weighted by Gasteiger charge is -2.20. The number of aryl methyl sites for hydroxylation is 1. The number of amides is 1. The van der Waals surface area contributed by atoms with Gasteiger partial charge in [-0.2, -0.15) is 0 Å². The van der Waals surface area contributed by atoms with E-state index in [1.807, 2.05) is 17.8 Å². The van der Waals surface area contributed by atoms with Crippen LogP contribution in [0.15, 0.2) is 12.4 Å². The molecule has 6 nitrogen and oxygen atoms in total. The van der Waals surface area contributed by atoms with E-state index < -0.39 is 5.97 Å². The van der Waals surface area contributed by atoms with Gasteiger partial charge in [-0.15, -0.1) is 0 Å². The zero-order chi connectivity index (χ0) is 14.0. The maximum Gasteiger partial charge on any atom is 0.306 e. The molecule has 0 spiro atoms. The van der Waals surface area contributed by atoms with Crippen LogP contribution < -0.4 is 0 Å². The molecular weight excluding hydrogens is 246 g/mol. The molecule has 6 heteroatoms. The Kier molecular flexibility index (Phi) is 3.87. The summed E-state index contributed by atoms with van der Waals surface area (Å²) in [5.41, 5.74) is 0. The Morgan fingerprint density at radius 1 is 1.47 bits per heavy atom. The van der Waals surface area contributed by atoms with Crippen molar-refractivity contribution < 1.29 is 14.7 Å². The summed E-state index contributed by atoms with van der Waals surface area (Å²) in [5, 5.41) is 8.96. The molecule has 1 heterocycles. The molecule has 2 rings (SSSR count). The summed E-state index contributed by atoms with van der Waals surface area (Å²) in [6, 6.07) is 0. The number of nitrogens with zero attached hydrogens (tertiary/aromatic N) is 3. The minimum atomic E-state index is -0.790. The fourth-order valence-corrected chi connectivity index (χ4v) is 2.58. The predicted octanol–water partition coefficient (Wildman–Crippen LogP) is 0.879. The SMILES string of the molecule is CN(Cc1nccn1C)C(=O)[C@@H]1CC[C@H](C(=O)O)C1. The Morgan fingerprint density at radius 3 is 2.68 bits per heavy atom. The summed E-state index contributed by atoms with van der Waals surface area (Å²) in [6.07, 6.45) is 5.26. The van der Waals surface area contributed by atoms with Crippen LogP contribution in [-0.2, 0) is 23.2 Å². The highest BCUT2D eigenvalue weighted by Crippen LogP contribution is 2.32. The fraction of sp³-hybridized carbons (Fsp3) is 0.615. The van der Waals surface area contributed by atoms with Crippen molar-refractivity contribution in [1.29, 1.82) is 0 Å². The number of carbonyl (C=O) groups is 2.